The number of anilines is 1. The molecule has 0 aliphatic rings. The summed E-state index contributed by atoms with van der Waals surface area (Å²) >= 11 is 0.920. The summed E-state index contributed by atoms with van der Waals surface area (Å²) in [5.74, 6) is 0.433. The van der Waals surface area contributed by atoms with Gasteiger partial charge in [0, 0.05) is 0 Å². The zero-order valence-corrected chi connectivity index (χ0v) is 11.6. The molecule has 2 rings (SSSR count). The molecule has 1 aromatic heterocycles. The van der Waals surface area contributed by atoms with E-state index >= 15 is 0 Å². The second-order valence-electron chi connectivity index (χ2n) is 3.54. The Morgan fingerprint density at radius 2 is 2.00 bits per heavy atom. The highest BCUT2D eigenvalue weighted by Gasteiger charge is 2.18. The number of hydrogen-bond acceptors (Lipinski definition) is 5. The van der Waals surface area contributed by atoms with Gasteiger partial charge in [-0.05, 0) is 24.3 Å². The van der Waals surface area contributed by atoms with Crippen LogP contribution < -0.4 is 9.46 Å². The third kappa shape index (κ3) is 2.86. The first kappa shape index (κ1) is 13.4. The van der Waals surface area contributed by atoms with E-state index in [4.69, 9.17) is 10.00 Å². The first-order chi connectivity index (χ1) is 9.06. The van der Waals surface area contributed by atoms with E-state index < -0.39 is 10.0 Å². The van der Waals surface area contributed by atoms with Crippen molar-refractivity contribution in [2.24, 2.45) is 0 Å². The minimum absolute atomic E-state index is 0.0926. The molecule has 0 saturated heterocycles. The zero-order chi connectivity index (χ0) is 13.9. The third-order valence-corrected chi connectivity index (χ3v) is 5.15. The normalized spacial score (nSPS) is 10.7. The molecule has 0 spiro atoms. The van der Waals surface area contributed by atoms with Crippen LogP contribution in [0.2, 0.25) is 0 Å². The quantitative estimate of drug-likeness (QED) is 0.939. The van der Waals surface area contributed by atoms with Crippen LogP contribution in [0.25, 0.3) is 0 Å². The van der Waals surface area contributed by atoms with E-state index in [1.807, 2.05) is 6.07 Å². The van der Waals surface area contributed by atoms with Crippen molar-refractivity contribution in [3.8, 4) is 11.8 Å². The Hall–Kier alpha value is -2.04. The predicted molar refractivity (Wildman–Crippen MR) is 72.8 cm³/mol. The summed E-state index contributed by atoms with van der Waals surface area (Å²) in [4.78, 5) is 0.348. The highest BCUT2D eigenvalue weighted by atomic mass is 32.2. The lowest BCUT2D eigenvalue weighted by atomic mass is 10.3. The molecule has 19 heavy (non-hydrogen) atoms. The summed E-state index contributed by atoms with van der Waals surface area (Å²) in [5, 5.41) is 8.71. The number of benzene rings is 1. The number of ether oxygens (including phenoxy) is 1. The second-order valence-corrected chi connectivity index (χ2v) is 6.53. The molecule has 0 atom stereocenters. The van der Waals surface area contributed by atoms with Crippen LogP contribution in [0.5, 0.6) is 5.75 Å². The van der Waals surface area contributed by atoms with Gasteiger partial charge in [-0.25, -0.2) is 8.42 Å². The molecule has 0 fully saturated rings. The lowest BCUT2D eigenvalue weighted by Crippen LogP contribution is -2.12. The van der Waals surface area contributed by atoms with Gasteiger partial charge in [0.2, 0.25) is 0 Å². The van der Waals surface area contributed by atoms with Crippen LogP contribution in [0.4, 0.5) is 5.69 Å². The monoisotopic (exact) mass is 294 g/mol. The average molecular weight is 294 g/mol. The van der Waals surface area contributed by atoms with Gasteiger partial charge >= 0.3 is 0 Å². The van der Waals surface area contributed by atoms with Gasteiger partial charge in [-0.15, -0.1) is 11.3 Å². The van der Waals surface area contributed by atoms with Gasteiger partial charge in [-0.2, -0.15) is 5.26 Å². The van der Waals surface area contributed by atoms with E-state index in [0.717, 1.165) is 11.3 Å². The summed E-state index contributed by atoms with van der Waals surface area (Å²) in [6, 6.07) is 11.5. The van der Waals surface area contributed by atoms with Gasteiger partial charge in [-0.1, -0.05) is 12.1 Å². The molecule has 5 nitrogen and oxygen atoms in total. The number of methoxy groups -OCH3 is 1. The number of nitrogens with zero attached hydrogens (tertiary/aromatic N) is 1. The summed E-state index contributed by atoms with van der Waals surface area (Å²) < 4.78 is 31.9. The number of hydrogen-bond donors (Lipinski definition) is 1. The molecule has 2 aromatic rings. The number of sulfonamides is 1. The number of nitriles is 1. The molecule has 7 heteroatoms. The Bertz CT molecular complexity index is 729. The van der Waals surface area contributed by atoms with E-state index in [-0.39, 0.29) is 4.21 Å². The van der Waals surface area contributed by atoms with Crippen molar-refractivity contribution in [2.75, 3.05) is 11.8 Å². The topological polar surface area (TPSA) is 79.2 Å². The summed E-state index contributed by atoms with van der Waals surface area (Å²) in [6.07, 6.45) is 0. The SMILES string of the molecule is COc1ccccc1NS(=O)(=O)c1ccc(C#N)s1. The van der Waals surface area contributed by atoms with E-state index in [1.165, 1.54) is 19.2 Å². The van der Waals surface area contributed by atoms with Crippen molar-refractivity contribution in [3.63, 3.8) is 0 Å². The standard InChI is InChI=1S/C12H10N2O3S2/c1-17-11-5-3-2-4-10(11)14-19(15,16)12-7-6-9(8-13)18-12/h2-7,14H,1H3. The fourth-order valence-corrected chi connectivity index (χ4v) is 3.62. The van der Waals surface area contributed by atoms with Crippen LogP contribution in [0.1, 0.15) is 4.88 Å². The van der Waals surface area contributed by atoms with Crippen molar-refractivity contribution >= 4 is 27.0 Å². The van der Waals surface area contributed by atoms with E-state index in [0.29, 0.717) is 16.3 Å². The highest BCUT2D eigenvalue weighted by molar-refractivity contribution is 7.94. The number of rotatable bonds is 4. The molecular formula is C12H10N2O3S2. The fraction of sp³-hybridized carbons (Fsp3) is 0.0833. The maximum Gasteiger partial charge on any atom is 0.271 e. The fourth-order valence-electron chi connectivity index (χ4n) is 1.45. The van der Waals surface area contributed by atoms with E-state index in [1.54, 1.807) is 24.3 Å². The smallest absolute Gasteiger partial charge is 0.271 e. The first-order valence-electron chi connectivity index (χ1n) is 5.22. The molecule has 0 aliphatic carbocycles. The van der Waals surface area contributed by atoms with Crippen LogP contribution >= 0.6 is 11.3 Å². The zero-order valence-electron chi connectivity index (χ0n) is 9.95. The molecule has 0 unspecified atom stereocenters. The maximum atomic E-state index is 12.1. The minimum Gasteiger partial charge on any atom is -0.495 e. The van der Waals surface area contributed by atoms with E-state index in [9.17, 15) is 8.42 Å². The Morgan fingerprint density at radius 3 is 2.63 bits per heavy atom. The largest absolute Gasteiger partial charge is 0.495 e. The van der Waals surface area contributed by atoms with Crippen molar-refractivity contribution in [3.05, 3.63) is 41.3 Å². The van der Waals surface area contributed by atoms with Gasteiger partial charge in [-0.3, -0.25) is 4.72 Å². The summed E-state index contributed by atoms with van der Waals surface area (Å²) in [5.41, 5.74) is 0.358. The molecule has 0 amide bonds. The van der Waals surface area contributed by atoms with Crippen LogP contribution in [0.15, 0.2) is 40.6 Å². The molecule has 0 radical (unpaired) electrons. The Labute approximate surface area is 115 Å². The average Bonchev–Trinajstić information content (AvgIpc) is 2.88. The number of thiophene rings is 1. The minimum atomic E-state index is -3.70. The number of para-hydroxylation sites is 2. The molecule has 98 valence electrons. The van der Waals surface area contributed by atoms with Gasteiger partial charge in [0.25, 0.3) is 10.0 Å². The first-order valence-corrected chi connectivity index (χ1v) is 7.52. The maximum absolute atomic E-state index is 12.1. The molecule has 1 heterocycles. The third-order valence-electron chi connectivity index (χ3n) is 2.31. The van der Waals surface area contributed by atoms with Gasteiger partial charge in [0.15, 0.2) is 0 Å². The Morgan fingerprint density at radius 1 is 1.26 bits per heavy atom. The van der Waals surface area contributed by atoms with Gasteiger partial charge in [0.1, 0.15) is 20.9 Å². The van der Waals surface area contributed by atoms with Crippen LogP contribution in [0.3, 0.4) is 0 Å². The molecule has 1 N–H and O–H groups in total. The lowest BCUT2D eigenvalue weighted by Gasteiger charge is -2.10. The van der Waals surface area contributed by atoms with Crippen molar-refractivity contribution in [1.82, 2.24) is 0 Å². The van der Waals surface area contributed by atoms with Crippen LogP contribution in [-0.4, -0.2) is 15.5 Å². The highest BCUT2D eigenvalue weighted by Crippen LogP contribution is 2.28. The van der Waals surface area contributed by atoms with Gasteiger partial charge < -0.3 is 4.74 Å². The van der Waals surface area contributed by atoms with Crippen molar-refractivity contribution < 1.29 is 13.2 Å². The second kappa shape index (κ2) is 5.30. The molecule has 0 bridgehead atoms. The van der Waals surface area contributed by atoms with Crippen LogP contribution in [0, 0.1) is 11.3 Å². The van der Waals surface area contributed by atoms with Crippen molar-refractivity contribution in [1.29, 1.82) is 5.26 Å². The van der Waals surface area contributed by atoms with Crippen LogP contribution in [-0.2, 0) is 10.0 Å². The summed E-state index contributed by atoms with van der Waals surface area (Å²) in [6.45, 7) is 0. The van der Waals surface area contributed by atoms with Crippen molar-refractivity contribution in [2.45, 2.75) is 4.21 Å². The Kier molecular flexibility index (Phi) is 3.74. The molecule has 0 saturated carbocycles. The predicted octanol–water partition coefficient (Wildman–Crippen LogP) is 2.43. The molecular weight excluding hydrogens is 284 g/mol. The number of nitrogens with one attached hydrogen (secondary N) is 1. The molecule has 1 aromatic carbocycles. The molecule has 0 aliphatic heterocycles. The van der Waals surface area contributed by atoms with Gasteiger partial charge in [0.05, 0.1) is 12.8 Å². The van der Waals surface area contributed by atoms with E-state index in [2.05, 4.69) is 4.72 Å². The summed E-state index contributed by atoms with van der Waals surface area (Å²) in [7, 11) is -2.23. The Balaban J connectivity index is 2.34. The lowest BCUT2D eigenvalue weighted by molar-refractivity contribution is 0.417.